The van der Waals surface area contributed by atoms with E-state index in [9.17, 15) is 0 Å². The molecule has 0 bridgehead atoms. The van der Waals surface area contributed by atoms with Gasteiger partial charge in [0.05, 0.1) is 19.8 Å². The molecule has 18 heavy (non-hydrogen) atoms. The van der Waals surface area contributed by atoms with Crippen molar-refractivity contribution in [2.75, 3.05) is 19.8 Å². The molecule has 0 atom stereocenters. The summed E-state index contributed by atoms with van der Waals surface area (Å²) in [5, 5.41) is 3.44. The first-order chi connectivity index (χ1) is 8.63. The molecule has 1 heterocycles. The summed E-state index contributed by atoms with van der Waals surface area (Å²) >= 11 is 1.85. The van der Waals surface area contributed by atoms with Crippen molar-refractivity contribution in [3.05, 3.63) is 21.4 Å². The maximum Gasteiger partial charge on any atom is 0.0728 e. The van der Waals surface area contributed by atoms with E-state index < -0.39 is 0 Å². The second kappa shape index (κ2) is 8.64. The van der Waals surface area contributed by atoms with Crippen molar-refractivity contribution >= 4 is 11.3 Å². The number of thiophene rings is 1. The summed E-state index contributed by atoms with van der Waals surface area (Å²) in [4.78, 5) is 2.73. The van der Waals surface area contributed by atoms with E-state index in [0.29, 0.717) is 25.9 Å². The van der Waals surface area contributed by atoms with Gasteiger partial charge in [-0.15, -0.1) is 11.3 Å². The number of aryl methyl sites for hydroxylation is 1. The van der Waals surface area contributed by atoms with Gasteiger partial charge in [-0.1, -0.05) is 13.8 Å². The van der Waals surface area contributed by atoms with Gasteiger partial charge in [0.25, 0.3) is 0 Å². The minimum atomic E-state index is 0.526. The Labute approximate surface area is 114 Å². The van der Waals surface area contributed by atoms with Crippen LogP contribution in [0, 0.1) is 6.92 Å². The number of nitrogens with one attached hydrogen (secondary N) is 1. The first-order valence-electron chi connectivity index (χ1n) is 6.60. The molecule has 1 aromatic rings. The van der Waals surface area contributed by atoms with Crippen LogP contribution in [-0.4, -0.2) is 25.9 Å². The highest BCUT2D eigenvalue weighted by molar-refractivity contribution is 7.12. The van der Waals surface area contributed by atoms with Gasteiger partial charge in [-0.25, -0.2) is 0 Å². The summed E-state index contributed by atoms with van der Waals surface area (Å²) < 4.78 is 10.8. The van der Waals surface area contributed by atoms with Gasteiger partial charge in [0.15, 0.2) is 0 Å². The first-order valence-corrected chi connectivity index (χ1v) is 7.42. The Hall–Kier alpha value is -0.420. The molecule has 0 saturated carbocycles. The third kappa shape index (κ3) is 5.96. The predicted molar refractivity (Wildman–Crippen MR) is 77.2 cm³/mol. The highest BCUT2D eigenvalue weighted by Crippen LogP contribution is 2.22. The molecule has 0 radical (unpaired) electrons. The van der Waals surface area contributed by atoms with E-state index in [1.54, 1.807) is 0 Å². The van der Waals surface area contributed by atoms with E-state index in [1.165, 1.54) is 15.3 Å². The minimum Gasteiger partial charge on any atom is -0.379 e. The van der Waals surface area contributed by atoms with Gasteiger partial charge in [-0.2, -0.15) is 0 Å². The van der Waals surface area contributed by atoms with Gasteiger partial charge < -0.3 is 14.8 Å². The van der Waals surface area contributed by atoms with Crippen LogP contribution in [0.2, 0.25) is 0 Å². The molecule has 3 nitrogen and oxygen atoms in total. The van der Waals surface area contributed by atoms with Crippen LogP contribution in [0.15, 0.2) is 6.07 Å². The van der Waals surface area contributed by atoms with Gasteiger partial charge in [0, 0.05) is 28.9 Å². The number of rotatable bonds is 9. The maximum absolute atomic E-state index is 5.60. The van der Waals surface area contributed by atoms with Crippen molar-refractivity contribution in [3.8, 4) is 0 Å². The summed E-state index contributed by atoms with van der Waals surface area (Å²) in [6.45, 7) is 12.2. The van der Waals surface area contributed by atoms with E-state index in [0.717, 1.165) is 13.2 Å². The third-order valence-electron chi connectivity index (χ3n) is 2.59. The van der Waals surface area contributed by atoms with Gasteiger partial charge >= 0.3 is 0 Å². The summed E-state index contributed by atoms with van der Waals surface area (Å²) in [6, 6.07) is 2.77. The van der Waals surface area contributed by atoms with Gasteiger partial charge in [-0.3, -0.25) is 0 Å². The molecule has 0 aliphatic carbocycles. The van der Waals surface area contributed by atoms with E-state index in [-0.39, 0.29) is 0 Å². The third-order valence-corrected chi connectivity index (χ3v) is 3.68. The largest absolute Gasteiger partial charge is 0.379 e. The Morgan fingerprint density at radius 1 is 1.28 bits per heavy atom. The van der Waals surface area contributed by atoms with Crippen LogP contribution in [0.5, 0.6) is 0 Å². The summed E-state index contributed by atoms with van der Waals surface area (Å²) in [7, 11) is 0. The SMILES string of the molecule is CCOCCOCc1cc(CNC(C)C)sc1C. The summed E-state index contributed by atoms with van der Waals surface area (Å²) in [5.41, 5.74) is 1.30. The maximum atomic E-state index is 5.60. The Morgan fingerprint density at radius 3 is 2.67 bits per heavy atom. The lowest BCUT2D eigenvalue weighted by atomic mass is 10.2. The number of hydrogen-bond acceptors (Lipinski definition) is 4. The van der Waals surface area contributed by atoms with Crippen molar-refractivity contribution in [3.63, 3.8) is 0 Å². The highest BCUT2D eigenvalue weighted by Gasteiger charge is 2.06. The molecule has 0 aromatic carbocycles. The zero-order chi connectivity index (χ0) is 13.4. The molecule has 0 fully saturated rings. The van der Waals surface area contributed by atoms with Crippen LogP contribution in [0.1, 0.15) is 36.1 Å². The van der Waals surface area contributed by atoms with Crippen LogP contribution < -0.4 is 5.32 Å². The lowest BCUT2D eigenvalue weighted by Crippen LogP contribution is -2.21. The molecular formula is C14H25NO2S. The molecule has 0 unspecified atom stereocenters. The number of hydrogen-bond donors (Lipinski definition) is 1. The van der Waals surface area contributed by atoms with E-state index in [1.807, 2.05) is 18.3 Å². The van der Waals surface area contributed by atoms with Gasteiger partial charge in [-0.05, 0) is 25.5 Å². The highest BCUT2D eigenvalue weighted by atomic mass is 32.1. The van der Waals surface area contributed by atoms with Crippen molar-refractivity contribution in [1.29, 1.82) is 0 Å². The van der Waals surface area contributed by atoms with E-state index in [2.05, 4.69) is 32.2 Å². The predicted octanol–water partition coefficient (Wildman–Crippen LogP) is 3.11. The van der Waals surface area contributed by atoms with Gasteiger partial charge in [0.1, 0.15) is 0 Å². The monoisotopic (exact) mass is 271 g/mol. The van der Waals surface area contributed by atoms with Gasteiger partial charge in [0.2, 0.25) is 0 Å². The molecule has 0 spiro atoms. The topological polar surface area (TPSA) is 30.5 Å². The summed E-state index contributed by atoms with van der Waals surface area (Å²) in [5.74, 6) is 0. The average molecular weight is 271 g/mol. The molecule has 0 amide bonds. The lowest BCUT2D eigenvalue weighted by molar-refractivity contribution is 0.0452. The van der Waals surface area contributed by atoms with Crippen molar-refractivity contribution in [2.24, 2.45) is 0 Å². The Kier molecular flexibility index (Phi) is 7.51. The molecule has 0 aliphatic rings. The molecule has 1 aromatic heterocycles. The normalized spacial score (nSPS) is 11.4. The van der Waals surface area contributed by atoms with E-state index in [4.69, 9.17) is 9.47 Å². The molecule has 1 N–H and O–H groups in total. The molecular weight excluding hydrogens is 246 g/mol. The van der Waals surface area contributed by atoms with Crippen LogP contribution in [0.25, 0.3) is 0 Å². The molecule has 0 saturated heterocycles. The van der Waals surface area contributed by atoms with Crippen LogP contribution >= 0.6 is 11.3 Å². The van der Waals surface area contributed by atoms with Crippen LogP contribution in [0.3, 0.4) is 0 Å². The zero-order valence-electron chi connectivity index (χ0n) is 11.9. The second-order valence-corrected chi connectivity index (χ2v) is 5.92. The molecule has 0 aliphatic heterocycles. The van der Waals surface area contributed by atoms with Crippen molar-refractivity contribution in [1.82, 2.24) is 5.32 Å². The molecule has 1 rings (SSSR count). The van der Waals surface area contributed by atoms with Crippen LogP contribution in [0.4, 0.5) is 0 Å². The minimum absolute atomic E-state index is 0.526. The quantitative estimate of drug-likeness (QED) is 0.700. The fourth-order valence-corrected chi connectivity index (χ4v) is 2.57. The molecule has 104 valence electrons. The fraction of sp³-hybridized carbons (Fsp3) is 0.714. The molecule has 4 heteroatoms. The standard InChI is InChI=1S/C14H25NO2S/c1-5-16-6-7-17-10-13-8-14(18-12(13)4)9-15-11(2)3/h8,11,15H,5-7,9-10H2,1-4H3. The fourth-order valence-electron chi connectivity index (χ4n) is 1.57. The lowest BCUT2D eigenvalue weighted by Gasteiger charge is -2.05. The smallest absolute Gasteiger partial charge is 0.0728 e. The van der Waals surface area contributed by atoms with E-state index >= 15 is 0 Å². The number of ether oxygens (including phenoxy) is 2. The zero-order valence-corrected chi connectivity index (χ0v) is 12.7. The second-order valence-electron chi connectivity index (χ2n) is 4.58. The average Bonchev–Trinajstić information content (AvgIpc) is 2.67. The Balaban J connectivity index is 2.32. The van der Waals surface area contributed by atoms with Crippen molar-refractivity contribution in [2.45, 2.75) is 46.9 Å². The van der Waals surface area contributed by atoms with Crippen molar-refractivity contribution < 1.29 is 9.47 Å². The first kappa shape index (κ1) is 15.6. The Morgan fingerprint density at radius 2 is 2.00 bits per heavy atom. The summed E-state index contributed by atoms with van der Waals surface area (Å²) in [6.07, 6.45) is 0. The van der Waals surface area contributed by atoms with Crippen LogP contribution in [-0.2, 0) is 22.6 Å². The Bertz CT molecular complexity index is 337.